The van der Waals surface area contributed by atoms with Gasteiger partial charge in [0.25, 0.3) is 0 Å². The molecule has 5 aliphatic rings. The zero-order valence-electron chi connectivity index (χ0n) is 14.2. The quantitative estimate of drug-likeness (QED) is 0.765. The summed E-state index contributed by atoms with van der Waals surface area (Å²) in [6, 6.07) is 0. The van der Waals surface area contributed by atoms with Crippen LogP contribution in [0.4, 0.5) is 0 Å². The van der Waals surface area contributed by atoms with Gasteiger partial charge >= 0.3 is 0 Å². The van der Waals surface area contributed by atoms with Crippen LogP contribution in [-0.2, 0) is 0 Å². The average Bonchev–Trinajstić information content (AvgIpc) is 2.47. The standard InChI is InChI=1S/C20H35N/c1-3-19(2,21)20-12-14-9-15(13-20)11-17(10-14)18(20)16-7-5-4-6-8-16/h14-18H,3-13,21H2,1-2H3. The molecular formula is C20H35N. The second-order valence-corrected chi connectivity index (χ2v) is 9.46. The van der Waals surface area contributed by atoms with Gasteiger partial charge < -0.3 is 5.73 Å². The van der Waals surface area contributed by atoms with E-state index in [2.05, 4.69) is 13.8 Å². The van der Waals surface area contributed by atoms with E-state index in [0.717, 1.165) is 29.6 Å². The van der Waals surface area contributed by atoms with Gasteiger partial charge in [0, 0.05) is 5.54 Å². The van der Waals surface area contributed by atoms with Gasteiger partial charge in [-0.2, -0.15) is 0 Å². The summed E-state index contributed by atoms with van der Waals surface area (Å²) in [7, 11) is 0. The number of nitrogens with two attached hydrogens (primary N) is 1. The van der Waals surface area contributed by atoms with Crippen molar-refractivity contribution in [2.45, 2.75) is 90.0 Å². The topological polar surface area (TPSA) is 26.0 Å². The molecule has 21 heavy (non-hydrogen) atoms. The molecule has 5 aliphatic carbocycles. The maximum absolute atomic E-state index is 7.01. The van der Waals surface area contributed by atoms with Crippen molar-refractivity contribution in [3.05, 3.63) is 0 Å². The van der Waals surface area contributed by atoms with E-state index in [0.29, 0.717) is 5.41 Å². The molecule has 5 fully saturated rings. The highest BCUT2D eigenvalue weighted by Gasteiger charge is 2.63. The average molecular weight is 290 g/mol. The minimum Gasteiger partial charge on any atom is -0.325 e. The highest BCUT2D eigenvalue weighted by molar-refractivity contribution is 5.15. The Morgan fingerprint density at radius 2 is 1.57 bits per heavy atom. The Morgan fingerprint density at radius 1 is 0.952 bits per heavy atom. The molecule has 2 N–H and O–H groups in total. The van der Waals surface area contributed by atoms with Gasteiger partial charge in [-0.3, -0.25) is 0 Å². The van der Waals surface area contributed by atoms with Crippen molar-refractivity contribution >= 4 is 0 Å². The van der Waals surface area contributed by atoms with Crippen LogP contribution >= 0.6 is 0 Å². The van der Waals surface area contributed by atoms with E-state index in [1.54, 1.807) is 12.8 Å². The molecule has 1 heteroatoms. The third-order valence-electron chi connectivity index (χ3n) is 8.42. The van der Waals surface area contributed by atoms with Crippen LogP contribution in [0.5, 0.6) is 0 Å². The minimum absolute atomic E-state index is 0.0745. The van der Waals surface area contributed by atoms with Gasteiger partial charge in [-0.05, 0) is 80.5 Å². The van der Waals surface area contributed by atoms with Crippen LogP contribution in [0.2, 0.25) is 0 Å². The summed E-state index contributed by atoms with van der Waals surface area (Å²) >= 11 is 0. The molecular weight excluding hydrogens is 254 g/mol. The monoisotopic (exact) mass is 289 g/mol. The molecule has 4 bridgehead atoms. The maximum atomic E-state index is 7.01. The second kappa shape index (κ2) is 4.98. The van der Waals surface area contributed by atoms with Gasteiger partial charge in [-0.15, -0.1) is 0 Å². The van der Waals surface area contributed by atoms with Gasteiger partial charge in [0.2, 0.25) is 0 Å². The van der Waals surface area contributed by atoms with E-state index >= 15 is 0 Å². The predicted octanol–water partition coefficient (Wildman–Crippen LogP) is 5.14. The molecule has 4 atom stereocenters. The van der Waals surface area contributed by atoms with Crippen LogP contribution in [0.3, 0.4) is 0 Å². The van der Waals surface area contributed by atoms with Crippen molar-refractivity contribution in [2.24, 2.45) is 40.7 Å². The number of hydrogen-bond acceptors (Lipinski definition) is 1. The first kappa shape index (κ1) is 14.5. The number of rotatable bonds is 3. The molecule has 5 rings (SSSR count). The van der Waals surface area contributed by atoms with Crippen LogP contribution in [0.1, 0.15) is 84.5 Å². The molecule has 0 aromatic rings. The molecule has 0 aromatic carbocycles. The third kappa shape index (κ3) is 2.06. The highest BCUT2D eigenvalue weighted by atomic mass is 14.8. The zero-order valence-corrected chi connectivity index (χ0v) is 14.2. The molecule has 4 unspecified atom stereocenters. The van der Waals surface area contributed by atoms with Crippen molar-refractivity contribution in [3.8, 4) is 0 Å². The lowest BCUT2D eigenvalue weighted by Crippen LogP contribution is -2.66. The fraction of sp³-hybridized carbons (Fsp3) is 1.00. The summed E-state index contributed by atoms with van der Waals surface area (Å²) in [5, 5.41) is 0. The van der Waals surface area contributed by atoms with Crippen LogP contribution in [0.25, 0.3) is 0 Å². The molecule has 0 heterocycles. The van der Waals surface area contributed by atoms with Gasteiger partial charge in [0.15, 0.2) is 0 Å². The fourth-order valence-corrected chi connectivity index (χ4v) is 7.61. The molecule has 120 valence electrons. The van der Waals surface area contributed by atoms with E-state index in [9.17, 15) is 0 Å². The Bertz CT molecular complexity index is 377. The van der Waals surface area contributed by atoms with Crippen molar-refractivity contribution in [3.63, 3.8) is 0 Å². The molecule has 0 aromatic heterocycles. The summed E-state index contributed by atoms with van der Waals surface area (Å²) in [5.74, 6) is 5.07. The van der Waals surface area contributed by atoms with Crippen LogP contribution in [0, 0.1) is 35.0 Å². The normalized spacial score (nSPS) is 49.3. The predicted molar refractivity (Wildman–Crippen MR) is 88.9 cm³/mol. The Hall–Kier alpha value is -0.0400. The lowest BCUT2D eigenvalue weighted by Gasteiger charge is -2.68. The lowest BCUT2D eigenvalue weighted by atomic mass is 9.38. The van der Waals surface area contributed by atoms with E-state index in [-0.39, 0.29) is 5.54 Å². The van der Waals surface area contributed by atoms with E-state index in [4.69, 9.17) is 5.73 Å². The van der Waals surface area contributed by atoms with Gasteiger partial charge in [0.1, 0.15) is 0 Å². The van der Waals surface area contributed by atoms with Crippen molar-refractivity contribution < 1.29 is 0 Å². The van der Waals surface area contributed by atoms with Crippen molar-refractivity contribution in [1.29, 1.82) is 0 Å². The Kier molecular flexibility index (Phi) is 3.45. The first-order chi connectivity index (χ1) is 10.1. The first-order valence-corrected chi connectivity index (χ1v) is 9.84. The fourth-order valence-electron chi connectivity index (χ4n) is 7.61. The van der Waals surface area contributed by atoms with E-state index < -0.39 is 0 Å². The lowest BCUT2D eigenvalue weighted by molar-refractivity contribution is -0.169. The Balaban J connectivity index is 1.72. The first-order valence-electron chi connectivity index (χ1n) is 9.84. The molecule has 0 aliphatic heterocycles. The van der Waals surface area contributed by atoms with Crippen LogP contribution in [0.15, 0.2) is 0 Å². The Morgan fingerprint density at radius 3 is 2.14 bits per heavy atom. The molecule has 5 saturated carbocycles. The summed E-state index contributed by atoms with van der Waals surface area (Å²) in [6.45, 7) is 4.76. The molecule has 0 amide bonds. The Labute approximate surface area is 131 Å². The second-order valence-electron chi connectivity index (χ2n) is 9.46. The van der Waals surface area contributed by atoms with Gasteiger partial charge in [0.05, 0.1) is 0 Å². The van der Waals surface area contributed by atoms with E-state index in [1.807, 2.05) is 0 Å². The largest absolute Gasteiger partial charge is 0.325 e. The third-order valence-corrected chi connectivity index (χ3v) is 8.42. The number of hydrogen-bond donors (Lipinski definition) is 1. The molecule has 1 nitrogen and oxygen atoms in total. The van der Waals surface area contributed by atoms with Crippen LogP contribution < -0.4 is 5.73 Å². The summed E-state index contributed by atoms with van der Waals surface area (Å²) in [5.41, 5.74) is 7.59. The van der Waals surface area contributed by atoms with Gasteiger partial charge in [-0.1, -0.05) is 39.0 Å². The summed E-state index contributed by atoms with van der Waals surface area (Å²) in [6.07, 6.45) is 16.3. The molecule has 0 radical (unpaired) electrons. The molecule has 0 spiro atoms. The van der Waals surface area contributed by atoms with Crippen LogP contribution in [-0.4, -0.2) is 5.54 Å². The van der Waals surface area contributed by atoms with E-state index in [1.165, 1.54) is 57.8 Å². The van der Waals surface area contributed by atoms with Gasteiger partial charge in [-0.25, -0.2) is 0 Å². The van der Waals surface area contributed by atoms with Crippen molar-refractivity contribution in [1.82, 2.24) is 0 Å². The summed E-state index contributed by atoms with van der Waals surface area (Å²) < 4.78 is 0. The van der Waals surface area contributed by atoms with Crippen molar-refractivity contribution in [2.75, 3.05) is 0 Å². The highest BCUT2D eigenvalue weighted by Crippen LogP contribution is 2.68. The SMILES string of the molecule is CCC(C)(N)C12CC3CC(CC(C3)C1C1CCCCC1)C2. The molecule has 0 saturated heterocycles. The maximum Gasteiger partial charge on any atom is 0.0183 e. The minimum atomic E-state index is 0.0745. The smallest absolute Gasteiger partial charge is 0.0183 e. The zero-order chi connectivity index (χ0) is 14.7. The summed E-state index contributed by atoms with van der Waals surface area (Å²) in [4.78, 5) is 0.